The van der Waals surface area contributed by atoms with E-state index in [1.807, 2.05) is 24.3 Å². The van der Waals surface area contributed by atoms with E-state index in [1.54, 1.807) is 0 Å². The van der Waals surface area contributed by atoms with Gasteiger partial charge in [-0.3, -0.25) is 0 Å². The molecule has 0 bridgehead atoms. The van der Waals surface area contributed by atoms with Crippen LogP contribution in [0.2, 0.25) is 0 Å². The summed E-state index contributed by atoms with van der Waals surface area (Å²) >= 11 is 0. The Morgan fingerprint density at radius 3 is 2.10 bits per heavy atom. The van der Waals surface area contributed by atoms with Crippen LogP contribution in [0.15, 0.2) is 48.5 Å². The van der Waals surface area contributed by atoms with Crippen LogP contribution in [-0.4, -0.2) is 12.1 Å². The van der Waals surface area contributed by atoms with E-state index in [0.29, 0.717) is 11.5 Å². The van der Waals surface area contributed by atoms with Crippen molar-refractivity contribution < 1.29 is 9.53 Å². The average molecular weight is 421 g/mol. The first kappa shape index (κ1) is 23.6. The Bertz CT molecular complexity index is 782. The molecule has 0 saturated heterocycles. The largest absolute Gasteiger partial charge is 0.459 e. The normalized spacial score (nSPS) is 19.7. The van der Waals surface area contributed by atoms with Gasteiger partial charge in [0.05, 0.1) is 5.56 Å². The van der Waals surface area contributed by atoms with Crippen LogP contribution in [-0.2, 0) is 11.2 Å². The van der Waals surface area contributed by atoms with Crippen molar-refractivity contribution in [3.8, 4) is 11.1 Å². The fraction of sp³-hybridized carbons (Fsp3) is 0.552. The van der Waals surface area contributed by atoms with Gasteiger partial charge in [-0.05, 0) is 72.8 Å². The third-order valence-corrected chi connectivity index (χ3v) is 6.97. The van der Waals surface area contributed by atoms with Gasteiger partial charge in [-0.1, -0.05) is 89.3 Å². The lowest BCUT2D eigenvalue weighted by Gasteiger charge is -2.28. The standard InChI is InChI=1S/C29H40O2/c1-4-6-7-8-23-11-19-28(20-12-23)31-29(30)27-17-15-26(16-18-27)25-13-9-24(10-14-25)21-22(3)5-2/h9-10,13-18,22-23,28H,4-8,11-12,19-21H2,1-3H3/t22-,23?,28?/m0/s1. The summed E-state index contributed by atoms with van der Waals surface area (Å²) < 4.78 is 5.82. The topological polar surface area (TPSA) is 26.3 Å². The number of carbonyl (C=O) groups is 1. The quantitative estimate of drug-likeness (QED) is 0.286. The minimum absolute atomic E-state index is 0.0904. The van der Waals surface area contributed by atoms with Crippen molar-refractivity contribution in [3.05, 3.63) is 59.7 Å². The minimum Gasteiger partial charge on any atom is -0.459 e. The van der Waals surface area contributed by atoms with Gasteiger partial charge < -0.3 is 4.74 Å². The van der Waals surface area contributed by atoms with Crippen molar-refractivity contribution in [1.29, 1.82) is 0 Å². The lowest BCUT2D eigenvalue weighted by molar-refractivity contribution is 0.0161. The molecule has 0 radical (unpaired) electrons. The molecule has 1 aliphatic rings. The van der Waals surface area contributed by atoms with E-state index >= 15 is 0 Å². The predicted molar refractivity (Wildman–Crippen MR) is 130 cm³/mol. The maximum atomic E-state index is 12.6. The first-order valence-corrected chi connectivity index (χ1v) is 12.5. The van der Waals surface area contributed by atoms with Crippen molar-refractivity contribution in [3.63, 3.8) is 0 Å². The lowest BCUT2D eigenvalue weighted by Crippen LogP contribution is -2.24. The minimum atomic E-state index is -0.176. The van der Waals surface area contributed by atoms with E-state index in [0.717, 1.165) is 30.7 Å². The molecule has 0 amide bonds. The van der Waals surface area contributed by atoms with Crippen LogP contribution in [0.1, 0.15) is 94.5 Å². The second-order valence-corrected chi connectivity index (χ2v) is 9.54. The molecule has 2 aromatic rings. The van der Waals surface area contributed by atoms with Crippen molar-refractivity contribution in [2.24, 2.45) is 11.8 Å². The summed E-state index contributed by atoms with van der Waals surface area (Å²) in [4.78, 5) is 12.6. The van der Waals surface area contributed by atoms with Crippen LogP contribution in [0.5, 0.6) is 0 Å². The lowest BCUT2D eigenvalue weighted by atomic mass is 9.84. The number of rotatable bonds is 10. The highest BCUT2D eigenvalue weighted by atomic mass is 16.5. The van der Waals surface area contributed by atoms with Gasteiger partial charge in [0.2, 0.25) is 0 Å². The third-order valence-electron chi connectivity index (χ3n) is 6.97. The Morgan fingerprint density at radius 1 is 0.903 bits per heavy atom. The monoisotopic (exact) mass is 420 g/mol. The summed E-state index contributed by atoms with van der Waals surface area (Å²) in [6, 6.07) is 16.7. The number of carbonyl (C=O) groups excluding carboxylic acids is 1. The molecule has 0 aliphatic heterocycles. The zero-order valence-electron chi connectivity index (χ0n) is 19.7. The van der Waals surface area contributed by atoms with Gasteiger partial charge in [-0.25, -0.2) is 4.79 Å². The smallest absolute Gasteiger partial charge is 0.338 e. The van der Waals surface area contributed by atoms with Gasteiger partial charge in [-0.15, -0.1) is 0 Å². The van der Waals surface area contributed by atoms with Gasteiger partial charge in [0.15, 0.2) is 0 Å². The van der Waals surface area contributed by atoms with Gasteiger partial charge in [0.25, 0.3) is 0 Å². The third kappa shape index (κ3) is 7.23. The number of esters is 1. The highest BCUT2D eigenvalue weighted by Gasteiger charge is 2.24. The number of hydrogen-bond acceptors (Lipinski definition) is 2. The second-order valence-electron chi connectivity index (χ2n) is 9.54. The summed E-state index contributed by atoms with van der Waals surface area (Å²) in [5.74, 6) is 1.37. The average Bonchev–Trinajstić information content (AvgIpc) is 2.81. The van der Waals surface area contributed by atoms with E-state index in [2.05, 4.69) is 45.0 Å². The summed E-state index contributed by atoms with van der Waals surface area (Å²) in [6.07, 6.45) is 12.2. The van der Waals surface area contributed by atoms with E-state index < -0.39 is 0 Å². The molecule has 1 fully saturated rings. The first-order valence-electron chi connectivity index (χ1n) is 12.5. The molecule has 1 saturated carbocycles. The molecule has 0 aromatic heterocycles. The van der Waals surface area contributed by atoms with Crippen LogP contribution < -0.4 is 0 Å². The Labute approximate surface area is 189 Å². The van der Waals surface area contributed by atoms with Crippen LogP contribution in [0.4, 0.5) is 0 Å². The maximum Gasteiger partial charge on any atom is 0.338 e. The molecule has 1 aliphatic carbocycles. The molecule has 2 aromatic carbocycles. The highest BCUT2D eigenvalue weighted by molar-refractivity contribution is 5.90. The molecule has 0 unspecified atom stereocenters. The molecule has 2 heteroatoms. The van der Waals surface area contributed by atoms with E-state index in [-0.39, 0.29) is 12.1 Å². The molecule has 0 spiro atoms. The van der Waals surface area contributed by atoms with Gasteiger partial charge in [0, 0.05) is 0 Å². The summed E-state index contributed by atoms with van der Waals surface area (Å²) in [5.41, 5.74) is 4.37. The van der Waals surface area contributed by atoms with E-state index in [4.69, 9.17) is 4.74 Å². The summed E-state index contributed by atoms with van der Waals surface area (Å²) in [7, 11) is 0. The Balaban J connectivity index is 1.49. The number of hydrogen-bond donors (Lipinski definition) is 0. The Kier molecular flexibility index (Phi) is 9.18. The molecule has 1 atom stereocenters. The van der Waals surface area contributed by atoms with Crippen molar-refractivity contribution >= 4 is 5.97 Å². The van der Waals surface area contributed by atoms with Crippen molar-refractivity contribution in [2.45, 2.75) is 91.1 Å². The van der Waals surface area contributed by atoms with Gasteiger partial charge in [-0.2, -0.15) is 0 Å². The van der Waals surface area contributed by atoms with Crippen LogP contribution >= 0.6 is 0 Å². The zero-order chi connectivity index (χ0) is 22.1. The fourth-order valence-corrected chi connectivity index (χ4v) is 4.62. The van der Waals surface area contributed by atoms with E-state index in [1.165, 1.54) is 56.1 Å². The fourth-order valence-electron chi connectivity index (χ4n) is 4.62. The zero-order valence-corrected chi connectivity index (χ0v) is 19.7. The molecular weight excluding hydrogens is 380 g/mol. The van der Waals surface area contributed by atoms with E-state index in [9.17, 15) is 4.79 Å². The number of benzene rings is 2. The Hall–Kier alpha value is -2.09. The van der Waals surface area contributed by atoms with Crippen molar-refractivity contribution in [1.82, 2.24) is 0 Å². The predicted octanol–water partition coefficient (Wildman–Crippen LogP) is 8.24. The molecule has 168 valence electrons. The van der Waals surface area contributed by atoms with Crippen LogP contribution in [0, 0.1) is 11.8 Å². The maximum absolute atomic E-state index is 12.6. The second kappa shape index (κ2) is 12.1. The molecule has 2 nitrogen and oxygen atoms in total. The highest BCUT2D eigenvalue weighted by Crippen LogP contribution is 2.30. The number of unbranched alkanes of at least 4 members (excludes halogenated alkanes) is 2. The summed E-state index contributed by atoms with van der Waals surface area (Å²) in [5, 5.41) is 0. The van der Waals surface area contributed by atoms with Gasteiger partial charge in [0.1, 0.15) is 6.10 Å². The van der Waals surface area contributed by atoms with Gasteiger partial charge >= 0.3 is 5.97 Å². The molecule has 3 rings (SSSR count). The molecule has 0 N–H and O–H groups in total. The molecule has 31 heavy (non-hydrogen) atoms. The van der Waals surface area contributed by atoms with Crippen LogP contribution in [0.25, 0.3) is 11.1 Å². The van der Waals surface area contributed by atoms with Crippen LogP contribution in [0.3, 0.4) is 0 Å². The molecular formula is C29H40O2. The first-order chi connectivity index (χ1) is 15.1. The van der Waals surface area contributed by atoms with Crippen molar-refractivity contribution in [2.75, 3.05) is 0 Å². The summed E-state index contributed by atoms with van der Waals surface area (Å²) in [6.45, 7) is 6.80. The Morgan fingerprint density at radius 2 is 1.52 bits per heavy atom. The SMILES string of the molecule is CCCCCC1CCC(OC(=O)c2ccc(-c3ccc(C[C@@H](C)CC)cc3)cc2)CC1. The number of ether oxygens (including phenoxy) is 1. The molecule has 0 heterocycles.